The fourth-order valence-corrected chi connectivity index (χ4v) is 5.55. The number of rotatable bonds is 4. The van der Waals surface area contributed by atoms with Crippen molar-refractivity contribution in [3.8, 4) is 11.1 Å². The number of alkyl halides is 3. The van der Waals surface area contributed by atoms with E-state index in [4.69, 9.17) is 9.90 Å². The summed E-state index contributed by atoms with van der Waals surface area (Å²) in [4.78, 5) is 25.9. The lowest BCUT2D eigenvalue weighted by atomic mass is 9.76. The number of carboxylic acid groups (broad SMARTS) is 1. The monoisotopic (exact) mass is 632 g/mol. The largest absolute Gasteiger partial charge is 0.483 e. The number of carbonyl (C=O) groups is 2. The van der Waals surface area contributed by atoms with Crippen molar-refractivity contribution < 1.29 is 32.3 Å². The second kappa shape index (κ2) is 15.2. The van der Waals surface area contributed by atoms with E-state index in [2.05, 4.69) is 75.7 Å². The Balaban J connectivity index is 0.000000816. The second-order valence-corrected chi connectivity index (χ2v) is 11.0. The highest BCUT2D eigenvalue weighted by Gasteiger charge is 2.32. The number of imidazole rings is 1. The third-order valence-corrected chi connectivity index (χ3v) is 7.75. The van der Waals surface area contributed by atoms with E-state index in [1.54, 1.807) is 7.05 Å². The van der Waals surface area contributed by atoms with Gasteiger partial charge in [0.2, 0.25) is 5.91 Å². The van der Waals surface area contributed by atoms with Gasteiger partial charge in [-0.25, -0.2) is 9.37 Å². The maximum absolute atomic E-state index is 14.3. The maximum atomic E-state index is 14.3. The lowest BCUT2D eigenvalue weighted by Gasteiger charge is -2.30. The van der Waals surface area contributed by atoms with Crippen LogP contribution >= 0.6 is 12.8 Å². The summed E-state index contributed by atoms with van der Waals surface area (Å²) in [5.41, 5.74) is 5.23. The summed E-state index contributed by atoms with van der Waals surface area (Å²) in [5.74, 6) is -0.663. The van der Waals surface area contributed by atoms with Gasteiger partial charge < -0.3 is 15.0 Å². The number of carbonyl (C=O) groups excluding carboxylic acids is 1. The normalized spacial score (nSPS) is 16.3. The quantitative estimate of drug-likeness (QED) is 0.105. The summed E-state index contributed by atoms with van der Waals surface area (Å²) in [6.07, 6.45) is -1.59. The number of hydrogen-bond acceptors (Lipinski definition) is 5. The molecule has 1 amide bonds. The molecule has 12 heteroatoms. The van der Waals surface area contributed by atoms with Crippen LogP contribution in [0.15, 0.2) is 54.6 Å². The van der Waals surface area contributed by atoms with Crippen LogP contribution in [0.3, 0.4) is 0 Å². The highest BCUT2D eigenvalue weighted by molar-refractivity contribution is 7.78. The van der Waals surface area contributed by atoms with Crippen LogP contribution < -0.4 is 10.0 Å². The van der Waals surface area contributed by atoms with E-state index in [9.17, 15) is 22.4 Å². The first kappa shape index (κ1) is 34.6. The van der Waals surface area contributed by atoms with Crippen molar-refractivity contribution in [3.05, 3.63) is 82.9 Å². The zero-order valence-corrected chi connectivity index (χ0v) is 25.8. The van der Waals surface area contributed by atoms with Gasteiger partial charge in [0, 0.05) is 13.0 Å². The van der Waals surface area contributed by atoms with Crippen LogP contribution in [0.1, 0.15) is 54.1 Å². The Hall–Kier alpha value is -3.90. The molecule has 5 rings (SSSR count). The lowest BCUT2D eigenvalue weighted by molar-refractivity contribution is -0.137. The minimum Gasteiger partial charge on any atom is -0.483 e. The number of thiol groups is 1. The fourth-order valence-electron chi connectivity index (χ4n) is 5.55. The zero-order valence-electron chi connectivity index (χ0n) is 24.9. The molecule has 2 atom stereocenters. The first-order valence-electron chi connectivity index (χ1n) is 13.9. The van der Waals surface area contributed by atoms with Crippen molar-refractivity contribution in [2.45, 2.75) is 51.6 Å². The summed E-state index contributed by atoms with van der Waals surface area (Å²) >= 11 is 3.54. The van der Waals surface area contributed by atoms with E-state index in [0.717, 1.165) is 58.5 Å². The minimum atomic E-state index is -4.64. The van der Waals surface area contributed by atoms with Crippen molar-refractivity contribution in [1.29, 1.82) is 0 Å². The number of benzene rings is 3. The van der Waals surface area contributed by atoms with E-state index < -0.39 is 17.6 Å². The molecule has 4 aromatic rings. The van der Waals surface area contributed by atoms with Crippen LogP contribution in [0.2, 0.25) is 0 Å². The van der Waals surface area contributed by atoms with Gasteiger partial charge in [0.05, 0.1) is 22.3 Å². The molecule has 1 aromatic heterocycles. The van der Waals surface area contributed by atoms with Crippen LogP contribution in [0, 0.1) is 25.6 Å². The molecule has 7 nitrogen and oxygen atoms in total. The predicted octanol–water partition coefficient (Wildman–Crippen LogP) is 7.68. The molecule has 236 valence electrons. The molecule has 2 unspecified atom stereocenters. The molecule has 0 bridgehead atoms. The first-order valence-corrected chi connectivity index (χ1v) is 14.4. The number of nitrogens with zero attached hydrogens (tertiary/aromatic N) is 2. The molecule has 1 aliphatic carbocycles. The molecular weight excluding hydrogens is 596 g/mol. The van der Waals surface area contributed by atoms with Gasteiger partial charge in [-0.2, -0.15) is 13.2 Å². The summed E-state index contributed by atoms with van der Waals surface area (Å²) in [6, 6.07) is 14.8. The Bertz CT molecular complexity index is 1610. The number of hydrogen-bond donors (Lipinski definition) is 4. The van der Waals surface area contributed by atoms with Crippen LogP contribution in [0.25, 0.3) is 22.2 Å². The lowest BCUT2D eigenvalue weighted by Crippen LogP contribution is -2.28. The van der Waals surface area contributed by atoms with Crippen molar-refractivity contribution in [3.63, 3.8) is 0 Å². The van der Waals surface area contributed by atoms with Gasteiger partial charge in [0.15, 0.2) is 0 Å². The summed E-state index contributed by atoms with van der Waals surface area (Å²) in [7, 11) is 3.74. The number of fused-ring (bicyclic) bond motifs is 1. The van der Waals surface area contributed by atoms with Gasteiger partial charge in [0.1, 0.15) is 11.6 Å². The van der Waals surface area contributed by atoms with Gasteiger partial charge in [-0.3, -0.25) is 14.3 Å². The molecule has 1 saturated carbocycles. The number of nitrogens with one attached hydrogen (secondary N) is 2. The Morgan fingerprint density at radius 1 is 1.07 bits per heavy atom. The number of aromatic nitrogens is 2. The predicted molar refractivity (Wildman–Crippen MR) is 167 cm³/mol. The highest BCUT2D eigenvalue weighted by atomic mass is 32.1. The van der Waals surface area contributed by atoms with Crippen LogP contribution in [-0.2, 0) is 22.8 Å². The number of amides is 1. The highest BCUT2D eigenvalue weighted by Crippen LogP contribution is 2.39. The Morgan fingerprint density at radius 2 is 1.70 bits per heavy atom. The van der Waals surface area contributed by atoms with E-state index >= 15 is 0 Å². The SMILES string of the molecule is CNS.Cc1cc(-c2ccc3c(c2)nc(C)n3C)ccc1C1CCCC(C(=O)Nc2ccc(C(F)(F)F)cc2F)C1.O=CO. The zero-order chi connectivity index (χ0) is 32.6. The van der Waals surface area contributed by atoms with Crippen LogP contribution in [-0.4, -0.2) is 34.1 Å². The smallest absolute Gasteiger partial charge is 0.416 e. The fraction of sp³-hybridized carbons (Fsp3) is 0.344. The van der Waals surface area contributed by atoms with E-state index in [1.165, 1.54) is 5.56 Å². The van der Waals surface area contributed by atoms with E-state index in [1.807, 2.05) is 14.0 Å². The number of aryl methyl sites for hydroxylation is 3. The first-order chi connectivity index (χ1) is 20.8. The average molecular weight is 633 g/mol. The molecule has 0 radical (unpaired) electrons. The standard InChI is InChI=1S/C30H29F4N3O.CH5NS.CH2O2/c1-17-13-19(20-8-12-28-27(15-20)35-18(2)37(28)3)7-10-24(17)21-5-4-6-22(14-21)29(38)36-26-11-9-23(16-25(26)31)30(32,33)34;1-2-3;2-1-3/h7-13,15-16,21-22H,4-6,14H2,1-3H3,(H,36,38);2-3H,1H3;1H,(H,2,3). The van der Waals surface area contributed by atoms with Crippen LogP contribution in [0.5, 0.6) is 0 Å². The summed E-state index contributed by atoms with van der Waals surface area (Å²) in [5, 5.41) is 9.40. The molecule has 0 saturated heterocycles. The van der Waals surface area contributed by atoms with Crippen molar-refractivity contribution in [2.75, 3.05) is 12.4 Å². The Labute approximate surface area is 259 Å². The average Bonchev–Trinajstić information content (AvgIpc) is 3.26. The van der Waals surface area contributed by atoms with Gasteiger partial charge >= 0.3 is 6.18 Å². The van der Waals surface area contributed by atoms with E-state index in [0.29, 0.717) is 18.9 Å². The molecule has 44 heavy (non-hydrogen) atoms. The molecule has 0 aliphatic heterocycles. The van der Waals surface area contributed by atoms with Crippen LogP contribution in [0.4, 0.5) is 23.2 Å². The maximum Gasteiger partial charge on any atom is 0.416 e. The molecule has 3 aromatic carbocycles. The van der Waals surface area contributed by atoms with Crippen molar-refractivity contribution >= 4 is 41.9 Å². The van der Waals surface area contributed by atoms with Gasteiger partial charge in [0.25, 0.3) is 6.47 Å². The molecule has 1 heterocycles. The minimum absolute atomic E-state index is 0.173. The second-order valence-electron chi connectivity index (χ2n) is 10.6. The molecular formula is C32H36F4N4O3S. The van der Waals surface area contributed by atoms with E-state index in [-0.39, 0.29) is 29.9 Å². The van der Waals surface area contributed by atoms with Gasteiger partial charge in [-0.15, -0.1) is 0 Å². The van der Waals surface area contributed by atoms with Gasteiger partial charge in [-0.05, 0) is 98.7 Å². The number of halogens is 4. The Morgan fingerprint density at radius 3 is 2.32 bits per heavy atom. The van der Waals surface area contributed by atoms with Crippen molar-refractivity contribution in [1.82, 2.24) is 14.3 Å². The third-order valence-electron chi connectivity index (χ3n) is 7.75. The topological polar surface area (TPSA) is 96.3 Å². The number of anilines is 1. The van der Waals surface area contributed by atoms with Crippen molar-refractivity contribution in [2.24, 2.45) is 13.0 Å². The third kappa shape index (κ3) is 8.38. The molecule has 1 aliphatic rings. The van der Waals surface area contributed by atoms with Gasteiger partial charge in [-0.1, -0.05) is 43.5 Å². The molecule has 3 N–H and O–H groups in total. The summed E-state index contributed by atoms with van der Waals surface area (Å²) < 4.78 is 57.3. The Kier molecular flexibility index (Phi) is 12.0. The summed E-state index contributed by atoms with van der Waals surface area (Å²) in [6.45, 7) is 3.81. The molecule has 1 fully saturated rings. The molecule has 0 spiro atoms.